The molecule has 0 spiro atoms. The van der Waals surface area contributed by atoms with Crippen molar-refractivity contribution in [3.8, 4) is 11.5 Å². The van der Waals surface area contributed by atoms with Crippen LogP contribution in [-0.4, -0.2) is 17.3 Å². The molecular formula is C30H34N2O2. The quantitative estimate of drug-likeness (QED) is 0.364. The fourth-order valence-electron chi connectivity index (χ4n) is 4.65. The molecule has 4 nitrogen and oxygen atoms in total. The van der Waals surface area contributed by atoms with E-state index in [1.807, 2.05) is 6.07 Å². The zero-order valence-corrected chi connectivity index (χ0v) is 20.6. The summed E-state index contributed by atoms with van der Waals surface area (Å²) in [6.45, 7) is 9.65. The number of fused-ring (bicyclic) bond motifs is 3. The van der Waals surface area contributed by atoms with Crippen LogP contribution in [0.1, 0.15) is 81.5 Å². The maximum atomic E-state index is 6.51. The molecule has 176 valence electrons. The first-order valence-corrected chi connectivity index (χ1v) is 12.4. The number of hydrogen-bond donors (Lipinski definition) is 0. The Labute approximate surface area is 203 Å². The van der Waals surface area contributed by atoms with Crippen molar-refractivity contribution in [1.82, 2.24) is 5.01 Å². The van der Waals surface area contributed by atoms with E-state index in [1.54, 1.807) is 0 Å². The SMILES string of the molecule is CCCCOc1ccc(C2=NN3[C@@H](C2)c2ccccc2O[C@H]3c2ccc(C(C)(C)C)cc2)cc1. The summed E-state index contributed by atoms with van der Waals surface area (Å²) in [5.41, 5.74) is 5.97. The van der Waals surface area contributed by atoms with Gasteiger partial charge in [0.1, 0.15) is 11.5 Å². The van der Waals surface area contributed by atoms with Crippen LogP contribution < -0.4 is 9.47 Å². The van der Waals surface area contributed by atoms with Gasteiger partial charge in [-0.15, -0.1) is 0 Å². The zero-order valence-electron chi connectivity index (χ0n) is 20.6. The second-order valence-corrected chi connectivity index (χ2v) is 10.3. The van der Waals surface area contributed by atoms with Crippen molar-refractivity contribution >= 4 is 5.71 Å². The number of para-hydroxylation sites is 1. The fourth-order valence-corrected chi connectivity index (χ4v) is 4.65. The Bertz CT molecular complexity index is 1160. The summed E-state index contributed by atoms with van der Waals surface area (Å²) >= 11 is 0. The van der Waals surface area contributed by atoms with Crippen molar-refractivity contribution in [3.05, 3.63) is 95.1 Å². The van der Waals surface area contributed by atoms with Gasteiger partial charge in [-0.1, -0.05) is 76.6 Å². The van der Waals surface area contributed by atoms with Crippen molar-refractivity contribution < 1.29 is 9.47 Å². The molecule has 0 saturated carbocycles. The van der Waals surface area contributed by atoms with Crippen LogP contribution in [0.4, 0.5) is 0 Å². The summed E-state index contributed by atoms with van der Waals surface area (Å²) in [6, 6.07) is 25.7. The standard InChI is InChI=1S/C30H34N2O2/c1-5-6-19-33-24-17-13-21(14-18-24)26-20-27-25-9-7-8-10-28(25)34-29(32(27)31-26)22-11-15-23(16-12-22)30(2,3)4/h7-18,27,29H,5-6,19-20H2,1-4H3/t27-,29-/m0/s1. The van der Waals surface area contributed by atoms with Crippen molar-refractivity contribution in [3.63, 3.8) is 0 Å². The highest BCUT2D eigenvalue weighted by atomic mass is 16.5. The van der Waals surface area contributed by atoms with Crippen molar-refractivity contribution in [2.24, 2.45) is 5.10 Å². The molecule has 3 aromatic carbocycles. The molecule has 2 atom stereocenters. The third-order valence-corrected chi connectivity index (χ3v) is 6.72. The van der Waals surface area contributed by atoms with Gasteiger partial charge in [0.2, 0.25) is 6.23 Å². The minimum Gasteiger partial charge on any atom is -0.494 e. The molecule has 5 rings (SSSR count). The topological polar surface area (TPSA) is 34.1 Å². The first-order valence-electron chi connectivity index (χ1n) is 12.4. The van der Waals surface area contributed by atoms with Gasteiger partial charge in [0.05, 0.1) is 18.4 Å². The summed E-state index contributed by atoms with van der Waals surface area (Å²) in [5.74, 6) is 1.86. The highest BCUT2D eigenvalue weighted by molar-refractivity contribution is 6.02. The van der Waals surface area contributed by atoms with Gasteiger partial charge in [0, 0.05) is 17.5 Å². The van der Waals surface area contributed by atoms with Gasteiger partial charge in [-0.25, -0.2) is 5.01 Å². The van der Waals surface area contributed by atoms with Gasteiger partial charge < -0.3 is 9.47 Å². The van der Waals surface area contributed by atoms with Gasteiger partial charge in [-0.3, -0.25) is 0 Å². The molecule has 3 aromatic rings. The van der Waals surface area contributed by atoms with E-state index in [9.17, 15) is 0 Å². The highest BCUT2D eigenvalue weighted by Gasteiger charge is 2.40. The van der Waals surface area contributed by atoms with Gasteiger partial charge in [0.15, 0.2) is 0 Å². The first kappa shape index (κ1) is 22.5. The lowest BCUT2D eigenvalue weighted by Crippen LogP contribution is -2.33. The van der Waals surface area contributed by atoms with Crippen LogP contribution in [0.2, 0.25) is 0 Å². The van der Waals surface area contributed by atoms with E-state index >= 15 is 0 Å². The molecule has 0 radical (unpaired) electrons. The van der Waals surface area contributed by atoms with E-state index in [0.717, 1.165) is 54.2 Å². The molecule has 0 amide bonds. The molecule has 0 saturated heterocycles. The highest BCUT2D eigenvalue weighted by Crippen LogP contribution is 2.47. The van der Waals surface area contributed by atoms with E-state index in [2.05, 4.69) is 99.4 Å². The normalized spacial score (nSPS) is 19.2. The van der Waals surface area contributed by atoms with Crippen molar-refractivity contribution in [2.75, 3.05) is 6.61 Å². The summed E-state index contributed by atoms with van der Waals surface area (Å²) in [4.78, 5) is 0. The summed E-state index contributed by atoms with van der Waals surface area (Å²) in [5, 5.41) is 7.25. The Morgan fingerprint density at radius 3 is 2.41 bits per heavy atom. The van der Waals surface area contributed by atoms with E-state index < -0.39 is 0 Å². The van der Waals surface area contributed by atoms with Crippen LogP contribution in [0.3, 0.4) is 0 Å². The number of hydrazone groups is 1. The number of benzene rings is 3. The predicted molar refractivity (Wildman–Crippen MR) is 138 cm³/mol. The minimum atomic E-state index is -0.247. The molecule has 0 aromatic heterocycles. The monoisotopic (exact) mass is 454 g/mol. The van der Waals surface area contributed by atoms with Crippen LogP contribution in [0.15, 0.2) is 77.9 Å². The maximum absolute atomic E-state index is 6.51. The number of nitrogens with zero attached hydrogens (tertiary/aromatic N) is 2. The molecule has 0 N–H and O–H groups in total. The molecular weight excluding hydrogens is 420 g/mol. The molecule has 0 bridgehead atoms. The lowest BCUT2D eigenvalue weighted by molar-refractivity contribution is -0.0190. The smallest absolute Gasteiger partial charge is 0.213 e. The lowest BCUT2D eigenvalue weighted by atomic mass is 9.86. The molecule has 0 unspecified atom stereocenters. The first-order chi connectivity index (χ1) is 16.4. The second kappa shape index (κ2) is 9.17. The van der Waals surface area contributed by atoms with Gasteiger partial charge >= 0.3 is 0 Å². The number of ether oxygens (including phenoxy) is 2. The lowest BCUT2D eigenvalue weighted by Gasteiger charge is -2.38. The minimum absolute atomic E-state index is 0.118. The van der Waals surface area contributed by atoms with Gasteiger partial charge in [-0.05, 0) is 53.3 Å². The van der Waals surface area contributed by atoms with Crippen LogP contribution in [0.25, 0.3) is 0 Å². The maximum Gasteiger partial charge on any atom is 0.213 e. The zero-order chi connectivity index (χ0) is 23.7. The van der Waals surface area contributed by atoms with E-state index in [1.165, 1.54) is 11.1 Å². The molecule has 4 heteroatoms. The van der Waals surface area contributed by atoms with Crippen LogP contribution >= 0.6 is 0 Å². The van der Waals surface area contributed by atoms with Gasteiger partial charge in [0.25, 0.3) is 0 Å². The summed E-state index contributed by atoms with van der Waals surface area (Å²) < 4.78 is 12.4. The third-order valence-electron chi connectivity index (χ3n) is 6.72. The van der Waals surface area contributed by atoms with Crippen LogP contribution in [-0.2, 0) is 5.41 Å². The van der Waals surface area contributed by atoms with Crippen LogP contribution in [0, 0.1) is 0 Å². The third kappa shape index (κ3) is 4.42. The number of unbranched alkanes of at least 4 members (excludes halogenated alkanes) is 1. The van der Waals surface area contributed by atoms with Crippen molar-refractivity contribution in [1.29, 1.82) is 0 Å². The summed E-state index contributed by atoms with van der Waals surface area (Å²) in [6.07, 6.45) is 2.81. The van der Waals surface area contributed by atoms with Gasteiger partial charge in [-0.2, -0.15) is 5.10 Å². The van der Waals surface area contributed by atoms with Crippen LogP contribution in [0.5, 0.6) is 11.5 Å². The molecule has 2 aliphatic rings. The molecule has 2 aliphatic heterocycles. The summed E-state index contributed by atoms with van der Waals surface area (Å²) in [7, 11) is 0. The fraction of sp³-hybridized carbons (Fsp3) is 0.367. The van der Waals surface area contributed by atoms with E-state index in [0.29, 0.717) is 0 Å². The molecule has 34 heavy (non-hydrogen) atoms. The van der Waals surface area contributed by atoms with Crippen molar-refractivity contribution in [2.45, 2.75) is 64.6 Å². The van der Waals surface area contributed by atoms with E-state index in [4.69, 9.17) is 14.6 Å². The number of rotatable bonds is 6. The Kier molecular flexibility index (Phi) is 6.07. The molecule has 0 fully saturated rings. The number of hydrogen-bond acceptors (Lipinski definition) is 4. The molecule has 2 heterocycles. The Balaban J connectivity index is 1.44. The largest absolute Gasteiger partial charge is 0.494 e. The average Bonchev–Trinajstić information content (AvgIpc) is 3.29. The Hall–Kier alpha value is -3.27. The Morgan fingerprint density at radius 1 is 0.971 bits per heavy atom. The second-order valence-electron chi connectivity index (χ2n) is 10.3. The average molecular weight is 455 g/mol. The predicted octanol–water partition coefficient (Wildman–Crippen LogP) is 7.41. The Morgan fingerprint density at radius 2 is 1.71 bits per heavy atom. The van der Waals surface area contributed by atoms with E-state index in [-0.39, 0.29) is 17.7 Å². The molecule has 0 aliphatic carbocycles.